The molecule has 0 saturated carbocycles. The van der Waals surface area contributed by atoms with E-state index >= 15 is 0 Å². The third kappa shape index (κ3) is 3.00. The minimum absolute atomic E-state index is 0.0604. The lowest BCUT2D eigenvalue weighted by atomic mass is 9.94. The number of hydrogen-bond donors (Lipinski definition) is 1. The first-order chi connectivity index (χ1) is 11.6. The van der Waals surface area contributed by atoms with Crippen molar-refractivity contribution in [2.45, 2.75) is 12.5 Å². The van der Waals surface area contributed by atoms with Crippen LogP contribution in [-0.2, 0) is 15.9 Å². The second kappa shape index (κ2) is 6.80. The number of hydrogen-bond acceptors (Lipinski definition) is 6. The molecule has 0 aliphatic carbocycles. The van der Waals surface area contributed by atoms with Crippen LogP contribution in [0, 0.1) is 0 Å². The highest BCUT2D eigenvalue weighted by atomic mass is 16.7. The van der Waals surface area contributed by atoms with E-state index in [-0.39, 0.29) is 18.1 Å². The minimum Gasteiger partial charge on any atom is -0.507 e. The van der Waals surface area contributed by atoms with Crippen LogP contribution in [0.5, 0.6) is 17.2 Å². The van der Waals surface area contributed by atoms with Gasteiger partial charge in [-0.1, -0.05) is 18.2 Å². The molecule has 2 aromatic rings. The van der Waals surface area contributed by atoms with E-state index in [1.165, 1.54) is 13.2 Å². The second-order valence-corrected chi connectivity index (χ2v) is 5.37. The van der Waals surface area contributed by atoms with Crippen molar-refractivity contribution in [3.63, 3.8) is 0 Å². The largest absolute Gasteiger partial charge is 0.507 e. The minimum atomic E-state index is -0.533. The van der Waals surface area contributed by atoms with Gasteiger partial charge < -0.3 is 24.1 Å². The number of aromatic hydroxyl groups is 1. The molecule has 1 aliphatic heterocycles. The Hall–Kier alpha value is -2.73. The zero-order valence-electron chi connectivity index (χ0n) is 13.4. The molecule has 24 heavy (non-hydrogen) atoms. The summed E-state index contributed by atoms with van der Waals surface area (Å²) in [6, 6.07) is 10.4. The third-order valence-electron chi connectivity index (χ3n) is 3.88. The first-order valence-corrected chi connectivity index (χ1v) is 7.45. The van der Waals surface area contributed by atoms with Crippen LogP contribution in [0.25, 0.3) is 0 Å². The van der Waals surface area contributed by atoms with Crippen molar-refractivity contribution in [1.82, 2.24) is 0 Å². The standard InChI is InChI=1S/C18H18O6/c1-21-10-23-16-8-11(6-7-14(16)22-2)15-9-12-4-3-5-13(19)17(12)18(20)24-15/h3-8,15,19H,9-10H2,1-2H3/t15-/m1/s1. The highest BCUT2D eigenvalue weighted by molar-refractivity contribution is 5.95. The Kier molecular flexibility index (Phi) is 4.57. The summed E-state index contributed by atoms with van der Waals surface area (Å²) in [5.41, 5.74) is 1.77. The molecule has 126 valence electrons. The molecule has 6 nitrogen and oxygen atoms in total. The molecule has 3 rings (SSSR count). The van der Waals surface area contributed by atoms with E-state index in [1.807, 2.05) is 12.1 Å². The van der Waals surface area contributed by atoms with Crippen LogP contribution >= 0.6 is 0 Å². The Morgan fingerprint density at radius 3 is 2.79 bits per heavy atom. The van der Waals surface area contributed by atoms with Crippen molar-refractivity contribution in [3.8, 4) is 17.2 Å². The molecule has 0 saturated heterocycles. The van der Waals surface area contributed by atoms with Crippen molar-refractivity contribution in [3.05, 3.63) is 53.1 Å². The summed E-state index contributed by atoms with van der Waals surface area (Å²) in [6.07, 6.45) is 0.0218. The van der Waals surface area contributed by atoms with Crippen molar-refractivity contribution in [2.24, 2.45) is 0 Å². The van der Waals surface area contributed by atoms with Gasteiger partial charge in [0.1, 0.15) is 17.4 Å². The summed E-state index contributed by atoms with van der Waals surface area (Å²) < 4.78 is 21.2. The van der Waals surface area contributed by atoms with E-state index in [0.29, 0.717) is 17.9 Å². The number of fused-ring (bicyclic) bond motifs is 1. The van der Waals surface area contributed by atoms with E-state index < -0.39 is 12.1 Å². The number of ether oxygens (including phenoxy) is 4. The van der Waals surface area contributed by atoms with Gasteiger partial charge in [-0.05, 0) is 29.3 Å². The van der Waals surface area contributed by atoms with Crippen LogP contribution in [0.1, 0.15) is 27.6 Å². The van der Waals surface area contributed by atoms with Crippen LogP contribution in [0.2, 0.25) is 0 Å². The molecule has 0 radical (unpaired) electrons. The molecule has 0 spiro atoms. The Morgan fingerprint density at radius 1 is 1.21 bits per heavy atom. The fraction of sp³-hybridized carbons (Fsp3) is 0.278. The molecular formula is C18H18O6. The maximum Gasteiger partial charge on any atom is 0.342 e. The predicted octanol–water partition coefficient (Wildman–Crippen LogP) is 2.84. The number of carbonyl (C=O) groups excluding carboxylic acids is 1. The lowest BCUT2D eigenvalue weighted by Crippen LogP contribution is -2.22. The Labute approximate surface area is 139 Å². The number of phenolic OH excluding ortho intramolecular Hbond substituents is 1. The van der Waals surface area contributed by atoms with Gasteiger partial charge in [-0.25, -0.2) is 4.79 Å². The van der Waals surface area contributed by atoms with Gasteiger partial charge in [0, 0.05) is 13.5 Å². The smallest absolute Gasteiger partial charge is 0.342 e. The Bertz CT molecular complexity index is 755. The van der Waals surface area contributed by atoms with Gasteiger partial charge in [0.2, 0.25) is 0 Å². The second-order valence-electron chi connectivity index (χ2n) is 5.37. The quantitative estimate of drug-likeness (QED) is 0.671. The van der Waals surface area contributed by atoms with Gasteiger partial charge in [0.05, 0.1) is 7.11 Å². The van der Waals surface area contributed by atoms with Crippen molar-refractivity contribution in [1.29, 1.82) is 0 Å². The number of esters is 1. The van der Waals surface area contributed by atoms with Gasteiger partial charge in [-0.2, -0.15) is 0 Å². The average Bonchev–Trinajstić information content (AvgIpc) is 2.59. The molecule has 0 amide bonds. The van der Waals surface area contributed by atoms with Crippen molar-refractivity contribution in [2.75, 3.05) is 21.0 Å². The van der Waals surface area contributed by atoms with E-state index in [0.717, 1.165) is 11.1 Å². The fourth-order valence-electron chi connectivity index (χ4n) is 2.74. The molecule has 2 aromatic carbocycles. The molecular weight excluding hydrogens is 312 g/mol. The van der Waals surface area contributed by atoms with E-state index in [1.54, 1.807) is 25.3 Å². The number of methoxy groups -OCH3 is 2. The number of rotatable bonds is 5. The average molecular weight is 330 g/mol. The summed E-state index contributed by atoms with van der Waals surface area (Å²) in [6.45, 7) is 0.0843. The van der Waals surface area contributed by atoms with E-state index in [4.69, 9.17) is 18.9 Å². The van der Waals surface area contributed by atoms with Crippen molar-refractivity contribution < 1.29 is 28.8 Å². The van der Waals surface area contributed by atoms with Crippen LogP contribution in [-0.4, -0.2) is 32.1 Å². The van der Waals surface area contributed by atoms with Crippen LogP contribution in [0.15, 0.2) is 36.4 Å². The van der Waals surface area contributed by atoms with Crippen LogP contribution in [0.3, 0.4) is 0 Å². The van der Waals surface area contributed by atoms with E-state index in [9.17, 15) is 9.90 Å². The van der Waals surface area contributed by atoms with Gasteiger partial charge in [0.25, 0.3) is 0 Å². The fourth-order valence-corrected chi connectivity index (χ4v) is 2.74. The highest BCUT2D eigenvalue weighted by Gasteiger charge is 2.30. The zero-order valence-corrected chi connectivity index (χ0v) is 13.4. The summed E-state index contributed by atoms with van der Waals surface area (Å²) in [4.78, 5) is 12.2. The molecule has 1 N–H and O–H groups in total. The Morgan fingerprint density at radius 2 is 2.04 bits per heavy atom. The Balaban J connectivity index is 1.91. The molecule has 0 fully saturated rings. The van der Waals surface area contributed by atoms with Crippen molar-refractivity contribution >= 4 is 5.97 Å². The topological polar surface area (TPSA) is 74.2 Å². The number of benzene rings is 2. The predicted molar refractivity (Wildman–Crippen MR) is 85.5 cm³/mol. The maximum absolute atomic E-state index is 12.2. The molecule has 6 heteroatoms. The zero-order chi connectivity index (χ0) is 17.1. The molecule has 0 bridgehead atoms. The summed E-state index contributed by atoms with van der Waals surface area (Å²) in [7, 11) is 3.08. The molecule has 1 heterocycles. The first-order valence-electron chi connectivity index (χ1n) is 7.45. The highest BCUT2D eigenvalue weighted by Crippen LogP contribution is 2.37. The number of cyclic esters (lactones) is 1. The van der Waals surface area contributed by atoms with E-state index in [2.05, 4.69) is 0 Å². The molecule has 1 aliphatic rings. The number of phenols is 1. The molecule has 0 unspecified atom stereocenters. The SMILES string of the molecule is COCOc1cc([C@H]2Cc3cccc(O)c3C(=O)O2)ccc1OC. The van der Waals surface area contributed by atoms with Gasteiger partial charge in [-0.15, -0.1) is 0 Å². The van der Waals surface area contributed by atoms with Crippen LogP contribution in [0.4, 0.5) is 0 Å². The van der Waals surface area contributed by atoms with Gasteiger partial charge >= 0.3 is 5.97 Å². The summed E-state index contributed by atoms with van der Waals surface area (Å²) in [5.74, 6) is 0.481. The summed E-state index contributed by atoms with van der Waals surface area (Å²) >= 11 is 0. The van der Waals surface area contributed by atoms with Crippen LogP contribution < -0.4 is 9.47 Å². The van der Waals surface area contributed by atoms with Gasteiger partial charge in [-0.3, -0.25) is 0 Å². The maximum atomic E-state index is 12.2. The lowest BCUT2D eigenvalue weighted by Gasteiger charge is -2.26. The normalized spacial score (nSPS) is 16.2. The molecule has 1 atom stereocenters. The molecule has 0 aromatic heterocycles. The monoisotopic (exact) mass is 330 g/mol. The number of carbonyl (C=O) groups is 1. The van der Waals surface area contributed by atoms with Gasteiger partial charge in [0.15, 0.2) is 18.3 Å². The summed E-state index contributed by atoms with van der Waals surface area (Å²) in [5, 5.41) is 9.84. The first kappa shape index (κ1) is 16.1. The lowest BCUT2D eigenvalue weighted by molar-refractivity contribution is 0.0244. The third-order valence-corrected chi connectivity index (χ3v) is 3.88.